The third kappa shape index (κ3) is 3.05. The highest BCUT2D eigenvalue weighted by atomic mass is 32.2. The second kappa shape index (κ2) is 6.24. The van der Waals surface area contributed by atoms with Crippen molar-refractivity contribution < 1.29 is 8.42 Å². The van der Waals surface area contributed by atoms with Crippen LogP contribution < -0.4 is 0 Å². The molecule has 0 atom stereocenters. The van der Waals surface area contributed by atoms with Gasteiger partial charge < -0.3 is 4.90 Å². The molecule has 0 aliphatic carbocycles. The van der Waals surface area contributed by atoms with Gasteiger partial charge in [0.25, 0.3) is 0 Å². The van der Waals surface area contributed by atoms with E-state index in [0.717, 1.165) is 38.9 Å². The Kier molecular flexibility index (Phi) is 4.82. The minimum Gasteiger partial charge on any atom is -0.303 e. The highest BCUT2D eigenvalue weighted by Gasteiger charge is 2.32. The average Bonchev–Trinajstić information content (AvgIpc) is 2.86. The topological polar surface area (TPSA) is 69.3 Å². The predicted molar refractivity (Wildman–Crippen MR) is 78.0 cm³/mol. The summed E-state index contributed by atoms with van der Waals surface area (Å²) in [5.74, 6) is 0. The summed E-state index contributed by atoms with van der Waals surface area (Å²) in [6.07, 6.45) is 4.33. The molecule has 0 aromatic carbocycles. The van der Waals surface area contributed by atoms with Crippen molar-refractivity contribution in [1.82, 2.24) is 19.4 Å². The standard InChI is InChI=1S/C13H24N4O2S/c1-4-7-17-8-5-12(6-9-17)16(3)20(18,19)13-10-14-15-11(13)2/h10,12H,4-9H2,1-3H3,(H,14,15). The molecule has 1 fully saturated rings. The summed E-state index contributed by atoms with van der Waals surface area (Å²) >= 11 is 0. The fraction of sp³-hybridized carbons (Fsp3) is 0.769. The van der Waals surface area contributed by atoms with Gasteiger partial charge in [-0.15, -0.1) is 0 Å². The second-order valence-electron chi connectivity index (χ2n) is 5.45. The van der Waals surface area contributed by atoms with Crippen molar-refractivity contribution in [2.75, 3.05) is 26.7 Å². The lowest BCUT2D eigenvalue weighted by Crippen LogP contribution is -2.45. The molecule has 1 aliphatic heterocycles. The highest BCUT2D eigenvalue weighted by molar-refractivity contribution is 7.89. The first-order valence-corrected chi connectivity index (χ1v) is 8.61. The Hall–Kier alpha value is -0.920. The van der Waals surface area contributed by atoms with E-state index in [4.69, 9.17) is 0 Å². The van der Waals surface area contributed by atoms with Crippen LogP contribution in [0.25, 0.3) is 0 Å². The first kappa shape index (κ1) is 15.5. The van der Waals surface area contributed by atoms with Gasteiger partial charge in [0.2, 0.25) is 10.0 Å². The molecule has 0 radical (unpaired) electrons. The zero-order valence-electron chi connectivity index (χ0n) is 12.5. The third-order valence-corrected chi connectivity index (χ3v) is 6.08. The van der Waals surface area contributed by atoms with E-state index >= 15 is 0 Å². The largest absolute Gasteiger partial charge is 0.303 e. The molecule has 1 aliphatic rings. The highest BCUT2D eigenvalue weighted by Crippen LogP contribution is 2.23. The fourth-order valence-electron chi connectivity index (χ4n) is 2.77. The molecule has 7 heteroatoms. The van der Waals surface area contributed by atoms with Gasteiger partial charge in [-0.25, -0.2) is 8.42 Å². The molecule has 1 saturated heterocycles. The minimum atomic E-state index is -3.43. The van der Waals surface area contributed by atoms with Crippen molar-refractivity contribution in [1.29, 1.82) is 0 Å². The number of rotatable bonds is 5. The molecule has 0 unspecified atom stereocenters. The SMILES string of the molecule is CCCN1CCC(N(C)S(=O)(=O)c2cn[nH]c2C)CC1. The Labute approximate surface area is 121 Å². The van der Waals surface area contributed by atoms with E-state index in [0.29, 0.717) is 5.69 Å². The molecule has 2 rings (SSSR count). The van der Waals surface area contributed by atoms with E-state index < -0.39 is 10.0 Å². The van der Waals surface area contributed by atoms with Gasteiger partial charge in [0.1, 0.15) is 4.90 Å². The minimum absolute atomic E-state index is 0.0856. The Morgan fingerprint density at radius 1 is 1.45 bits per heavy atom. The molecule has 2 heterocycles. The number of H-pyrrole nitrogens is 1. The van der Waals surface area contributed by atoms with E-state index in [9.17, 15) is 8.42 Å². The van der Waals surface area contributed by atoms with Gasteiger partial charge in [0.15, 0.2) is 0 Å². The molecular weight excluding hydrogens is 276 g/mol. The lowest BCUT2D eigenvalue weighted by atomic mass is 10.1. The average molecular weight is 300 g/mol. The van der Waals surface area contributed by atoms with Gasteiger partial charge >= 0.3 is 0 Å². The summed E-state index contributed by atoms with van der Waals surface area (Å²) in [6, 6.07) is 0.0856. The van der Waals surface area contributed by atoms with E-state index in [2.05, 4.69) is 22.0 Å². The molecular formula is C13H24N4O2S. The number of aromatic amines is 1. The van der Waals surface area contributed by atoms with Gasteiger partial charge in [-0.05, 0) is 45.8 Å². The number of nitrogens with one attached hydrogen (secondary N) is 1. The summed E-state index contributed by atoms with van der Waals surface area (Å²) < 4.78 is 26.7. The van der Waals surface area contributed by atoms with Gasteiger partial charge in [0.05, 0.1) is 11.9 Å². The normalized spacial score (nSPS) is 18.8. The molecule has 1 N–H and O–H groups in total. The molecule has 0 spiro atoms. The van der Waals surface area contributed by atoms with Crippen LogP contribution in [0.1, 0.15) is 31.9 Å². The van der Waals surface area contributed by atoms with E-state index in [1.54, 1.807) is 14.0 Å². The van der Waals surface area contributed by atoms with Gasteiger partial charge in [-0.2, -0.15) is 9.40 Å². The van der Waals surface area contributed by atoms with Crippen LogP contribution in [0.4, 0.5) is 0 Å². The number of aryl methyl sites for hydroxylation is 1. The third-order valence-electron chi connectivity index (χ3n) is 4.05. The zero-order chi connectivity index (χ0) is 14.8. The van der Waals surface area contributed by atoms with E-state index in [1.165, 1.54) is 10.5 Å². The Bertz CT molecular complexity index is 532. The molecule has 114 valence electrons. The van der Waals surface area contributed by atoms with Crippen LogP contribution in [-0.4, -0.2) is 60.5 Å². The fourth-order valence-corrected chi connectivity index (χ4v) is 4.31. The van der Waals surface area contributed by atoms with Gasteiger partial charge in [-0.3, -0.25) is 5.10 Å². The van der Waals surface area contributed by atoms with Crippen molar-refractivity contribution >= 4 is 10.0 Å². The summed E-state index contributed by atoms with van der Waals surface area (Å²) in [6.45, 7) is 6.96. The molecule has 1 aromatic rings. The van der Waals surface area contributed by atoms with Crippen LogP contribution in [-0.2, 0) is 10.0 Å². The summed E-state index contributed by atoms with van der Waals surface area (Å²) in [5, 5.41) is 6.51. The quantitative estimate of drug-likeness (QED) is 0.887. The Morgan fingerprint density at radius 3 is 2.60 bits per heavy atom. The van der Waals surface area contributed by atoms with Crippen molar-refractivity contribution in [3.63, 3.8) is 0 Å². The molecule has 6 nitrogen and oxygen atoms in total. The van der Waals surface area contributed by atoms with Crippen molar-refractivity contribution in [2.24, 2.45) is 0 Å². The monoisotopic (exact) mass is 300 g/mol. The summed E-state index contributed by atoms with van der Waals surface area (Å²) in [4.78, 5) is 2.69. The van der Waals surface area contributed by atoms with E-state index in [-0.39, 0.29) is 10.9 Å². The van der Waals surface area contributed by atoms with Crippen molar-refractivity contribution in [3.8, 4) is 0 Å². The number of nitrogens with zero attached hydrogens (tertiary/aromatic N) is 3. The number of hydrogen-bond donors (Lipinski definition) is 1. The van der Waals surface area contributed by atoms with Gasteiger partial charge in [-0.1, -0.05) is 6.92 Å². The molecule has 20 heavy (non-hydrogen) atoms. The first-order chi connectivity index (χ1) is 9.46. The summed E-state index contributed by atoms with van der Waals surface area (Å²) in [5.41, 5.74) is 0.597. The van der Waals surface area contributed by atoms with Crippen LogP contribution in [0.5, 0.6) is 0 Å². The second-order valence-corrected chi connectivity index (χ2v) is 7.42. The predicted octanol–water partition coefficient (Wildman–Crippen LogP) is 1.21. The maximum atomic E-state index is 12.6. The first-order valence-electron chi connectivity index (χ1n) is 7.17. The lowest BCUT2D eigenvalue weighted by Gasteiger charge is -2.35. The van der Waals surface area contributed by atoms with Gasteiger partial charge in [0, 0.05) is 13.1 Å². The van der Waals surface area contributed by atoms with Crippen LogP contribution in [0.15, 0.2) is 11.1 Å². The maximum absolute atomic E-state index is 12.6. The molecule has 1 aromatic heterocycles. The number of sulfonamides is 1. The number of hydrogen-bond acceptors (Lipinski definition) is 4. The molecule has 0 saturated carbocycles. The van der Waals surface area contributed by atoms with E-state index in [1.807, 2.05) is 0 Å². The van der Waals surface area contributed by atoms with Crippen LogP contribution in [0, 0.1) is 6.92 Å². The smallest absolute Gasteiger partial charge is 0.246 e. The van der Waals surface area contributed by atoms with Crippen LogP contribution >= 0.6 is 0 Å². The number of piperidine rings is 1. The molecule has 0 amide bonds. The molecule has 0 bridgehead atoms. The van der Waals surface area contributed by atoms with Crippen molar-refractivity contribution in [2.45, 2.75) is 44.0 Å². The maximum Gasteiger partial charge on any atom is 0.246 e. The van der Waals surface area contributed by atoms with Crippen molar-refractivity contribution in [3.05, 3.63) is 11.9 Å². The Balaban J connectivity index is 2.05. The summed E-state index contributed by atoms with van der Waals surface area (Å²) in [7, 11) is -1.75. The lowest BCUT2D eigenvalue weighted by molar-refractivity contribution is 0.170. The zero-order valence-corrected chi connectivity index (χ0v) is 13.3. The van der Waals surface area contributed by atoms with Crippen LogP contribution in [0.3, 0.4) is 0 Å². The number of likely N-dealkylation sites (tertiary alicyclic amines) is 1. The number of aromatic nitrogens is 2. The van der Waals surface area contributed by atoms with Crippen LogP contribution in [0.2, 0.25) is 0 Å². The Morgan fingerprint density at radius 2 is 2.10 bits per heavy atom.